The standard InChI is InChI=1S/C24H21N3O3/c1-29-15-21-11-19(14-30-21)23-12-18(24(28)27-20-5-3-2-4-6-20)10-17-8-7-16(13-26-25)9-22(17)23/h2-14H,15,25H2,1H3,(H,27,28). The number of rotatable bonds is 6. The van der Waals surface area contributed by atoms with Crippen LogP contribution in [0.5, 0.6) is 0 Å². The fourth-order valence-corrected chi connectivity index (χ4v) is 3.38. The van der Waals surface area contributed by atoms with Crippen molar-refractivity contribution in [1.82, 2.24) is 0 Å². The molecule has 0 aliphatic rings. The number of amides is 1. The van der Waals surface area contributed by atoms with Gasteiger partial charge >= 0.3 is 0 Å². The normalized spacial score (nSPS) is 11.2. The summed E-state index contributed by atoms with van der Waals surface area (Å²) in [7, 11) is 1.62. The number of methoxy groups -OCH3 is 1. The van der Waals surface area contributed by atoms with Gasteiger partial charge in [0.25, 0.3) is 5.91 Å². The van der Waals surface area contributed by atoms with Crippen molar-refractivity contribution >= 4 is 28.6 Å². The minimum absolute atomic E-state index is 0.183. The predicted octanol–water partition coefficient (Wildman–Crippen LogP) is 4.79. The van der Waals surface area contributed by atoms with Gasteiger partial charge < -0.3 is 20.3 Å². The summed E-state index contributed by atoms with van der Waals surface area (Å²) in [5.41, 5.74) is 3.90. The third-order valence-corrected chi connectivity index (χ3v) is 4.75. The molecule has 0 fully saturated rings. The fourth-order valence-electron chi connectivity index (χ4n) is 3.38. The maximum atomic E-state index is 12.9. The van der Waals surface area contributed by atoms with Crippen LogP contribution < -0.4 is 11.2 Å². The molecule has 1 aromatic heterocycles. The van der Waals surface area contributed by atoms with Gasteiger partial charge in [0.15, 0.2) is 0 Å². The molecule has 4 aromatic rings. The Morgan fingerprint density at radius 1 is 1.13 bits per heavy atom. The number of hydrogen-bond acceptors (Lipinski definition) is 5. The number of ether oxygens (including phenoxy) is 1. The first-order valence-electron chi connectivity index (χ1n) is 9.42. The van der Waals surface area contributed by atoms with Gasteiger partial charge in [0.1, 0.15) is 12.4 Å². The van der Waals surface area contributed by atoms with Crippen molar-refractivity contribution in [2.45, 2.75) is 6.61 Å². The third-order valence-electron chi connectivity index (χ3n) is 4.75. The third kappa shape index (κ3) is 4.09. The molecule has 4 rings (SSSR count). The van der Waals surface area contributed by atoms with Gasteiger partial charge in [-0.05, 0) is 58.3 Å². The second-order valence-corrected chi connectivity index (χ2v) is 6.84. The zero-order valence-corrected chi connectivity index (χ0v) is 16.5. The minimum Gasteiger partial charge on any atom is -0.466 e. The molecule has 6 nitrogen and oxygen atoms in total. The summed E-state index contributed by atoms with van der Waals surface area (Å²) in [5, 5.41) is 8.44. The highest BCUT2D eigenvalue weighted by atomic mass is 16.5. The van der Waals surface area contributed by atoms with Crippen LogP contribution in [-0.2, 0) is 11.3 Å². The van der Waals surface area contributed by atoms with E-state index in [2.05, 4.69) is 10.4 Å². The number of fused-ring (bicyclic) bond motifs is 1. The summed E-state index contributed by atoms with van der Waals surface area (Å²) >= 11 is 0. The smallest absolute Gasteiger partial charge is 0.255 e. The van der Waals surface area contributed by atoms with Gasteiger partial charge in [-0.25, -0.2) is 0 Å². The van der Waals surface area contributed by atoms with E-state index in [1.807, 2.05) is 66.7 Å². The van der Waals surface area contributed by atoms with Crippen LogP contribution in [-0.4, -0.2) is 19.2 Å². The summed E-state index contributed by atoms with van der Waals surface area (Å²) < 4.78 is 10.8. The highest BCUT2D eigenvalue weighted by molar-refractivity contribution is 6.10. The van der Waals surface area contributed by atoms with Crippen LogP contribution in [0.15, 0.2) is 82.5 Å². The van der Waals surface area contributed by atoms with Gasteiger partial charge in [-0.2, -0.15) is 5.10 Å². The lowest BCUT2D eigenvalue weighted by molar-refractivity contribution is 0.102. The van der Waals surface area contributed by atoms with E-state index < -0.39 is 0 Å². The zero-order chi connectivity index (χ0) is 20.9. The summed E-state index contributed by atoms with van der Waals surface area (Å²) in [6.45, 7) is 0.372. The molecule has 0 radical (unpaired) electrons. The van der Waals surface area contributed by atoms with Crippen molar-refractivity contribution in [3.05, 3.63) is 89.9 Å². The van der Waals surface area contributed by atoms with Crippen molar-refractivity contribution in [3.63, 3.8) is 0 Å². The van der Waals surface area contributed by atoms with E-state index in [1.54, 1.807) is 19.6 Å². The number of nitrogens with zero attached hydrogens (tertiary/aromatic N) is 1. The monoisotopic (exact) mass is 399 g/mol. The Kier molecular flexibility index (Phi) is 5.59. The minimum atomic E-state index is -0.183. The topological polar surface area (TPSA) is 89.8 Å². The van der Waals surface area contributed by atoms with Gasteiger partial charge in [-0.15, -0.1) is 0 Å². The van der Waals surface area contributed by atoms with Crippen LogP contribution in [0.2, 0.25) is 0 Å². The van der Waals surface area contributed by atoms with Crippen LogP contribution in [0.3, 0.4) is 0 Å². The first-order chi connectivity index (χ1) is 14.7. The van der Waals surface area contributed by atoms with E-state index >= 15 is 0 Å². The number of nitrogens with one attached hydrogen (secondary N) is 1. The first-order valence-corrected chi connectivity index (χ1v) is 9.42. The van der Waals surface area contributed by atoms with Crippen LogP contribution in [0, 0.1) is 0 Å². The molecule has 1 amide bonds. The van der Waals surface area contributed by atoms with E-state index in [0.717, 1.165) is 33.2 Å². The number of carbonyl (C=O) groups excluding carboxylic acids is 1. The Balaban J connectivity index is 1.82. The van der Waals surface area contributed by atoms with Gasteiger partial charge in [-0.1, -0.05) is 30.3 Å². The highest BCUT2D eigenvalue weighted by Gasteiger charge is 2.14. The van der Waals surface area contributed by atoms with E-state index in [4.69, 9.17) is 15.0 Å². The zero-order valence-electron chi connectivity index (χ0n) is 16.5. The largest absolute Gasteiger partial charge is 0.466 e. The molecule has 1 heterocycles. The first kappa shape index (κ1) is 19.4. The summed E-state index contributed by atoms with van der Waals surface area (Å²) in [4.78, 5) is 12.9. The van der Waals surface area contributed by atoms with Crippen molar-refractivity contribution in [2.75, 3.05) is 12.4 Å². The molecule has 30 heavy (non-hydrogen) atoms. The van der Waals surface area contributed by atoms with E-state index in [0.29, 0.717) is 17.9 Å². The Hall–Kier alpha value is -3.90. The molecule has 3 N–H and O–H groups in total. The number of anilines is 1. The Bertz CT molecular complexity index is 1210. The van der Waals surface area contributed by atoms with E-state index in [9.17, 15) is 4.79 Å². The molecule has 6 heteroatoms. The highest BCUT2D eigenvalue weighted by Crippen LogP contribution is 2.32. The molecule has 0 spiro atoms. The fraction of sp³-hybridized carbons (Fsp3) is 0.0833. The maximum absolute atomic E-state index is 12.9. The molecular formula is C24H21N3O3. The average molecular weight is 399 g/mol. The van der Waals surface area contributed by atoms with Gasteiger partial charge in [0.05, 0.1) is 12.5 Å². The van der Waals surface area contributed by atoms with Crippen LogP contribution in [0.1, 0.15) is 21.7 Å². The number of nitrogens with two attached hydrogens (primary N) is 1. The van der Waals surface area contributed by atoms with Crippen molar-refractivity contribution in [3.8, 4) is 11.1 Å². The van der Waals surface area contributed by atoms with Gasteiger partial charge in [-0.3, -0.25) is 4.79 Å². The summed E-state index contributed by atoms with van der Waals surface area (Å²) in [5.74, 6) is 5.84. The SMILES string of the molecule is COCc1cc(-c2cc(C(=O)Nc3ccccc3)cc3ccc(C=NN)cc23)co1. The average Bonchev–Trinajstić information content (AvgIpc) is 3.22. The Morgan fingerprint density at radius 2 is 1.97 bits per heavy atom. The maximum Gasteiger partial charge on any atom is 0.255 e. The summed E-state index contributed by atoms with van der Waals surface area (Å²) in [6.07, 6.45) is 3.26. The molecule has 0 saturated carbocycles. The van der Waals surface area contributed by atoms with Crippen LogP contribution in [0.4, 0.5) is 5.69 Å². The molecule has 0 bridgehead atoms. The molecule has 3 aromatic carbocycles. The van der Waals surface area contributed by atoms with Gasteiger partial charge in [0.2, 0.25) is 0 Å². The van der Waals surface area contributed by atoms with Crippen molar-refractivity contribution < 1.29 is 13.9 Å². The Labute approximate surface area is 174 Å². The predicted molar refractivity (Wildman–Crippen MR) is 119 cm³/mol. The molecule has 0 aliphatic heterocycles. The van der Waals surface area contributed by atoms with Crippen LogP contribution >= 0.6 is 0 Å². The lowest BCUT2D eigenvalue weighted by Crippen LogP contribution is -2.12. The molecule has 0 saturated heterocycles. The second-order valence-electron chi connectivity index (χ2n) is 6.84. The summed E-state index contributed by atoms with van der Waals surface area (Å²) in [6, 6.07) is 20.9. The Morgan fingerprint density at radius 3 is 2.73 bits per heavy atom. The lowest BCUT2D eigenvalue weighted by Gasteiger charge is -2.11. The number of para-hydroxylation sites is 1. The number of furan rings is 1. The van der Waals surface area contributed by atoms with Gasteiger partial charge in [0, 0.05) is 23.9 Å². The number of carbonyl (C=O) groups is 1. The van der Waals surface area contributed by atoms with Crippen molar-refractivity contribution in [1.29, 1.82) is 0 Å². The lowest BCUT2D eigenvalue weighted by atomic mass is 9.95. The van der Waals surface area contributed by atoms with Crippen molar-refractivity contribution in [2.24, 2.45) is 10.9 Å². The number of hydrogen-bond donors (Lipinski definition) is 2. The number of benzene rings is 3. The molecule has 0 unspecified atom stereocenters. The quantitative estimate of drug-likeness (QED) is 0.277. The molecular weight excluding hydrogens is 378 g/mol. The molecule has 150 valence electrons. The molecule has 0 atom stereocenters. The molecule has 0 aliphatic carbocycles. The van der Waals surface area contributed by atoms with Crippen LogP contribution in [0.25, 0.3) is 21.9 Å². The second kappa shape index (κ2) is 8.63. The van der Waals surface area contributed by atoms with E-state index in [1.165, 1.54) is 0 Å². The number of hydrazone groups is 1. The van der Waals surface area contributed by atoms with E-state index in [-0.39, 0.29) is 5.91 Å².